The summed E-state index contributed by atoms with van der Waals surface area (Å²) in [6.07, 6.45) is 3.79. The molecule has 2 heterocycles. The van der Waals surface area contributed by atoms with Crippen molar-refractivity contribution in [3.63, 3.8) is 0 Å². The summed E-state index contributed by atoms with van der Waals surface area (Å²) in [5.41, 5.74) is 1.90. The fourth-order valence-electron chi connectivity index (χ4n) is 3.90. The first-order chi connectivity index (χ1) is 12.5. The Morgan fingerprint density at radius 3 is 2.62 bits per heavy atom. The molecule has 1 aliphatic carbocycles. The number of likely N-dealkylation sites (tertiary alicyclic amines) is 1. The molecule has 6 nitrogen and oxygen atoms in total. The van der Waals surface area contributed by atoms with Crippen LogP contribution in [0.5, 0.6) is 5.75 Å². The summed E-state index contributed by atoms with van der Waals surface area (Å²) < 4.78 is 5.80. The van der Waals surface area contributed by atoms with Crippen LogP contribution in [0.2, 0.25) is 0 Å². The molecule has 26 heavy (non-hydrogen) atoms. The van der Waals surface area contributed by atoms with E-state index in [1.807, 2.05) is 47.0 Å². The predicted octanol–water partition coefficient (Wildman–Crippen LogP) is 2.13. The Bertz CT molecular complexity index is 714. The van der Waals surface area contributed by atoms with Gasteiger partial charge in [0, 0.05) is 44.9 Å². The fraction of sp³-hybridized carbons (Fsp3) is 0.600. The monoisotopic (exact) mass is 357 g/mol. The highest BCUT2D eigenvalue weighted by molar-refractivity contribution is 5.97. The molecule has 1 aromatic rings. The SMILES string of the molecule is CN(C)c1ccc2c(c1)OCCN2C(=O)[C@@H]1CCCN(C(=O)C2CC2)C1. The average molecular weight is 357 g/mol. The van der Waals surface area contributed by atoms with Gasteiger partial charge in [-0.15, -0.1) is 0 Å². The van der Waals surface area contributed by atoms with Gasteiger partial charge in [-0.2, -0.15) is 0 Å². The minimum Gasteiger partial charge on any atom is -0.489 e. The lowest BCUT2D eigenvalue weighted by atomic mass is 9.95. The van der Waals surface area contributed by atoms with Crippen LogP contribution in [0.3, 0.4) is 0 Å². The van der Waals surface area contributed by atoms with Crippen molar-refractivity contribution >= 4 is 23.2 Å². The summed E-state index contributed by atoms with van der Waals surface area (Å²) in [6, 6.07) is 5.97. The molecule has 2 aliphatic heterocycles. The van der Waals surface area contributed by atoms with Gasteiger partial charge in [-0.25, -0.2) is 0 Å². The quantitative estimate of drug-likeness (QED) is 0.832. The Labute approximate surface area is 154 Å². The molecular weight excluding hydrogens is 330 g/mol. The number of benzene rings is 1. The molecule has 0 radical (unpaired) electrons. The maximum absolute atomic E-state index is 13.2. The lowest BCUT2D eigenvalue weighted by Gasteiger charge is -2.37. The molecule has 0 N–H and O–H groups in total. The van der Waals surface area contributed by atoms with Gasteiger partial charge >= 0.3 is 0 Å². The fourth-order valence-corrected chi connectivity index (χ4v) is 3.90. The lowest BCUT2D eigenvalue weighted by Crippen LogP contribution is -2.49. The molecule has 0 aromatic heterocycles. The van der Waals surface area contributed by atoms with Gasteiger partial charge in [0.2, 0.25) is 11.8 Å². The highest BCUT2D eigenvalue weighted by Crippen LogP contribution is 2.37. The molecule has 1 saturated heterocycles. The summed E-state index contributed by atoms with van der Waals surface area (Å²) in [6.45, 7) is 2.44. The minimum atomic E-state index is -0.106. The number of carbonyl (C=O) groups excluding carboxylic acids is 2. The number of piperidine rings is 1. The molecule has 0 bridgehead atoms. The van der Waals surface area contributed by atoms with Gasteiger partial charge in [0.25, 0.3) is 0 Å². The number of hydrogen-bond donors (Lipinski definition) is 0. The van der Waals surface area contributed by atoms with E-state index in [-0.39, 0.29) is 23.7 Å². The summed E-state index contributed by atoms with van der Waals surface area (Å²) in [5, 5.41) is 0. The van der Waals surface area contributed by atoms with Crippen molar-refractivity contribution in [1.29, 1.82) is 0 Å². The zero-order valence-corrected chi connectivity index (χ0v) is 15.6. The number of hydrogen-bond acceptors (Lipinski definition) is 4. The van der Waals surface area contributed by atoms with E-state index in [4.69, 9.17) is 4.74 Å². The van der Waals surface area contributed by atoms with Crippen molar-refractivity contribution in [3.8, 4) is 5.75 Å². The maximum atomic E-state index is 13.2. The van der Waals surface area contributed by atoms with E-state index in [0.717, 1.165) is 49.4 Å². The number of amides is 2. The summed E-state index contributed by atoms with van der Waals surface area (Å²) >= 11 is 0. The van der Waals surface area contributed by atoms with Crippen molar-refractivity contribution in [2.24, 2.45) is 11.8 Å². The first-order valence-corrected chi connectivity index (χ1v) is 9.59. The summed E-state index contributed by atoms with van der Waals surface area (Å²) in [7, 11) is 3.97. The normalized spacial score (nSPS) is 22.5. The number of ether oxygens (including phenoxy) is 1. The smallest absolute Gasteiger partial charge is 0.232 e. The Morgan fingerprint density at radius 1 is 1.08 bits per heavy atom. The van der Waals surface area contributed by atoms with Gasteiger partial charge in [-0.1, -0.05) is 0 Å². The molecule has 2 fully saturated rings. The number of rotatable bonds is 3. The van der Waals surface area contributed by atoms with E-state index in [0.29, 0.717) is 19.7 Å². The Balaban J connectivity index is 1.51. The van der Waals surface area contributed by atoms with Crippen LogP contribution in [0.25, 0.3) is 0 Å². The standard InChI is InChI=1S/C20H27N3O3/c1-21(2)16-7-8-17-18(12-16)26-11-10-23(17)20(25)15-4-3-9-22(13-15)19(24)14-5-6-14/h7-8,12,14-15H,3-6,9-11,13H2,1-2H3/t15-/m1/s1. The van der Waals surface area contributed by atoms with Crippen LogP contribution in [-0.2, 0) is 9.59 Å². The van der Waals surface area contributed by atoms with Crippen molar-refractivity contribution in [3.05, 3.63) is 18.2 Å². The molecule has 140 valence electrons. The molecule has 0 spiro atoms. The lowest BCUT2D eigenvalue weighted by molar-refractivity contribution is -0.136. The van der Waals surface area contributed by atoms with Crippen LogP contribution in [0.1, 0.15) is 25.7 Å². The second-order valence-electron chi connectivity index (χ2n) is 7.78. The van der Waals surface area contributed by atoms with Crippen LogP contribution in [0.15, 0.2) is 18.2 Å². The number of anilines is 2. The van der Waals surface area contributed by atoms with Gasteiger partial charge in [0.15, 0.2) is 0 Å². The summed E-state index contributed by atoms with van der Waals surface area (Å²) in [4.78, 5) is 31.4. The van der Waals surface area contributed by atoms with Crippen LogP contribution in [0, 0.1) is 11.8 Å². The Kier molecular flexibility index (Phi) is 4.51. The molecule has 2 amide bonds. The van der Waals surface area contributed by atoms with Gasteiger partial charge in [-0.05, 0) is 37.8 Å². The summed E-state index contributed by atoms with van der Waals surface area (Å²) in [5.74, 6) is 1.25. The minimum absolute atomic E-state index is 0.106. The van der Waals surface area contributed by atoms with Gasteiger partial charge in [0.1, 0.15) is 12.4 Å². The topological polar surface area (TPSA) is 53.1 Å². The molecule has 1 saturated carbocycles. The Morgan fingerprint density at radius 2 is 1.88 bits per heavy atom. The van der Waals surface area contributed by atoms with Crippen molar-refractivity contribution in [2.75, 3.05) is 50.1 Å². The van der Waals surface area contributed by atoms with E-state index < -0.39 is 0 Å². The second-order valence-corrected chi connectivity index (χ2v) is 7.78. The number of carbonyl (C=O) groups is 2. The zero-order valence-electron chi connectivity index (χ0n) is 15.6. The van der Waals surface area contributed by atoms with Crippen LogP contribution in [0.4, 0.5) is 11.4 Å². The number of nitrogens with zero attached hydrogens (tertiary/aromatic N) is 3. The van der Waals surface area contributed by atoms with Gasteiger partial charge in [-0.3, -0.25) is 9.59 Å². The molecule has 6 heteroatoms. The number of fused-ring (bicyclic) bond motifs is 1. The van der Waals surface area contributed by atoms with E-state index in [1.54, 1.807) is 0 Å². The van der Waals surface area contributed by atoms with Crippen LogP contribution >= 0.6 is 0 Å². The highest BCUT2D eigenvalue weighted by Gasteiger charge is 2.38. The van der Waals surface area contributed by atoms with Crippen LogP contribution in [-0.4, -0.2) is 57.1 Å². The predicted molar refractivity (Wildman–Crippen MR) is 101 cm³/mol. The first kappa shape index (κ1) is 17.2. The maximum Gasteiger partial charge on any atom is 0.232 e. The highest BCUT2D eigenvalue weighted by atomic mass is 16.5. The molecule has 1 aromatic carbocycles. The molecule has 0 unspecified atom stereocenters. The van der Waals surface area contributed by atoms with Gasteiger partial charge in [0.05, 0.1) is 18.2 Å². The molecule has 4 rings (SSSR count). The third-order valence-corrected chi connectivity index (χ3v) is 5.60. The molecule has 1 atom stereocenters. The van der Waals surface area contributed by atoms with E-state index in [1.165, 1.54) is 0 Å². The third kappa shape index (κ3) is 3.24. The largest absolute Gasteiger partial charge is 0.489 e. The van der Waals surface area contributed by atoms with Crippen molar-refractivity contribution in [1.82, 2.24) is 4.90 Å². The molecular formula is C20H27N3O3. The second kappa shape index (κ2) is 6.82. The Hall–Kier alpha value is -2.24. The van der Waals surface area contributed by atoms with Crippen molar-refractivity contribution in [2.45, 2.75) is 25.7 Å². The van der Waals surface area contributed by atoms with Crippen molar-refractivity contribution < 1.29 is 14.3 Å². The zero-order chi connectivity index (χ0) is 18.3. The van der Waals surface area contributed by atoms with E-state index in [9.17, 15) is 9.59 Å². The first-order valence-electron chi connectivity index (χ1n) is 9.59. The molecule has 3 aliphatic rings. The van der Waals surface area contributed by atoms with E-state index in [2.05, 4.69) is 0 Å². The van der Waals surface area contributed by atoms with Crippen LogP contribution < -0.4 is 14.5 Å². The van der Waals surface area contributed by atoms with E-state index >= 15 is 0 Å². The van der Waals surface area contributed by atoms with Gasteiger partial charge < -0.3 is 19.4 Å². The average Bonchev–Trinajstić information content (AvgIpc) is 3.51. The third-order valence-electron chi connectivity index (χ3n) is 5.60.